The van der Waals surface area contributed by atoms with Crippen LogP contribution in [0.5, 0.6) is 5.75 Å². The van der Waals surface area contributed by atoms with Crippen LogP contribution in [0.25, 0.3) is 22.0 Å². The van der Waals surface area contributed by atoms with Gasteiger partial charge in [-0.2, -0.15) is 5.10 Å². The molecule has 0 aliphatic heterocycles. The molecular formula is C22H23N3OS. The third kappa shape index (κ3) is 3.74. The number of aromatic nitrogens is 1. The average Bonchev–Trinajstić information content (AvgIpc) is 3.15. The van der Waals surface area contributed by atoms with Crippen LogP contribution in [0, 0.1) is 5.92 Å². The van der Waals surface area contributed by atoms with Crippen molar-refractivity contribution < 1.29 is 4.74 Å². The first-order chi connectivity index (χ1) is 13.3. The van der Waals surface area contributed by atoms with E-state index in [9.17, 15) is 0 Å². The van der Waals surface area contributed by atoms with Crippen LogP contribution in [-0.2, 0) is 0 Å². The number of hydrogen-bond acceptors (Lipinski definition) is 4. The Morgan fingerprint density at radius 2 is 2.00 bits per heavy atom. The van der Waals surface area contributed by atoms with Gasteiger partial charge in [0.2, 0.25) is 4.80 Å². The molecule has 138 valence electrons. The van der Waals surface area contributed by atoms with E-state index in [1.54, 1.807) is 18.4 Å². The molecule has 0 saturated heterocycles. The van der Waals surface area contributed by atoms with E-state index < -0.39 is 0 Å². The van der Waals surface area contributed by atoms with Crippen molar-refractivity contribution in [1.29, 1.82) is 0 Å². The van der Waals surface area contributed by atoms with Crippen LogP contribution >= 0.6 is 11.3 Å². The number of ether oxygens (including phenoxy) is 1. The van der Waals surface area contributed by atoms with Crippen molar-refractivity contribution >= 4 is 28.3 Å². The Balaban J connectivity index is 1.73. The lowest BCUT2D eigenvalue weighted by Gasteiger charge is -2.12. The quantitative estimate of drug-likeness (QED) is 0.460. The van der Waals surface area contributed by atoms with Crippen molar-refractivity contribution in [2.45, 2.75) is 19.3 Å². The number of fused-ring (bicyclic) bond motifs is 1. The lowest BCUT2D eigenvalue weighted by molar-refractivity contribution is 0.415. The number of nitrogens with zero attached hydrogens (tertiary/aromatic N) is 3. The summed E-state index contributed by atoms with van der Waals surface area (Å²) in [5.74, 6) is 1.38. The van der Waals surface area contributed by atoms with Crippen molar-refractivity contribution in [3.63, 3.8) is 0 Å². The van der Waals surface area contributed by atoms with Gasteiger partial charge in [0.25, 0.3) is 0 Å². The van der Waals surface area contributed by atoms with E-state index in [0.29, 0.717) is 5.92 Å². The fourth-order valence-corrected chi connectivity index (χ4v) is 4.19. The van der Waals surface area contributed by atoms with Crippen LogP contribution in [0.4, 0.5) is 0 Å². The maximum atomic E-state index is 5.32. The SMILES string of the molecule is CN=c1scc(-c2ccc3cc(OC)ccc3c2)n1N=CC1CC=CCC1. The first-order valence-corrected chi connectivity index (χ1v) is 10.1. The lowest BCUT2D eigenvalue weighted by Crippen LogP contribution is -2.13. The summed E-state index contributed by atoms with van der Waals surface area (Å²) >= 11 is 1.62. The highest BCUT2D eigenvalue weighted by molar-refractivity contribution is 7.07. The second-order valence-electron chi connectivity index (χ2n) is 6.68. The standard InChI is InChI=1S/C22H23N3OS/c1-23-22-25(24-14-16-6-4-3-5-7-16)21(15-27-22)19-9-8-18-13-20(26-2)11-10-17(18)12-19/h3-4,8-16H,5-7H2,1-2H3. The molecule has 5 heteroatoms. The largest absolute Gasteiger partial charge is 0.497 e. The van der Waals surface area contributed by atoms with Gasteiger partial charge in [0, 0.05) is 24.2 Å². The van der Waals surface area contributed by atoms with Crippen molar-refractivity contribution in [3.05, 3.63) is 58.7 Å². The van der Waals surface area contributed by atoms with Gasteiger partial charge in [0.05, 0.1) is 12.8 Å². The van der Waals surface area contributed by atoms with E-state index in [2.05, 4.69) is 59.1 Å². The Bertz CT molecular complexity index is 1070. The molecule has 0 N–H and O–H groups in total. The third-order valence-corrected chi connectivity index (χ3v) is 5.83. The average molecular weight is 378 g/mol. The van der Waals surface area contributed by atoms with Crippen LogP contribution < -0.4 is 9.54 Å². The molecule has 0 radical (unpaired) electrons. The summed E-state index contributed by atoms with van der Waals surface area (Å²) in [5.41, 5.74) is 2.21. The van der Waals surface area contributed by atoms with E-state index in [-0.39, 0.29) is 0 Å². The van der Waals surface area contributed by atoms with E-state index in [1.165, 1.54) is 5.39 Å². The molecule has 0 fully saturated rings. The van der Waals surface area contributed by atoms with Gasteiger partial charge in [0.15, 0.2) is 0 Å². The van der Waals surface area contributed by atoms with Gasteiger partial charge in [-0.05, 0) is 54.2 Å². The molecule has 0 bridgehead atoms. The number of methoxy groups -OCH3 is 1. The fraction of sp³-hybridized carbons (Fsp3) is 0.273. The highest BCUT2D eigenvalue weighted by Gasteiger charge is 2.10. The second kappa shape index (κ2) is 7.92. The van der Waals surface area contributed by atoms with Crippen molar-refractivity contribution in [2.24, 2.45) is 16.0 Å². The van der Waals surface area contributed by atoms with Gasteiger partial charge in [-0.3, -0.25) is 4.99 Å². The summed E-state index contributed by atoms with van der Waals surface area (Å²) < 4.78 is 7.29. The zero-order valence-corrected chi connectivity index (χ0v) is 16.4. The maximum absolute atomic E-state index is 5.32. The van der Waals surface area contributed by atoms with Crippen molar-refractivity contribution in [1.82, 2.24) is 4.68 Å². The maximum Gasteiger partial charge on any atom is 0.205 e. The van der Waals surface area contributed by atoms with Gasteiger partial charge in [-0.25, -0.2) is 4.68 Å². The fourth-order valence-electron chi connectivity index (χ4n) is 3.38. The minimum Gasteiger partial charge on any atom is -0.497 e. The zero-order chi connectivity index (χ0) is 18.6. The number of thiazole rings is 1. The molecule has 1 heterocycles. The molecule has 4 nitrogen and oxygen atoms in total. The minimum absolute atomic E-state index is 0.504. The number of rotatable bonds is 4. The Hall–Kier alpha value is -2.66. The molecule has 1 unspecified atom stereocenters. The minimum atomic E-state index is 0.504. The van der Waals surface area contributed by atoms with Crippen LogP contribution in [0.3, 0.4) is 0 Å². The first-order valence-electron chi connectivity index (χ1n) is 9.19. The zero-order valence-electron chi connectivity index (χ0n) is 15.6. The third-order valence-electron chi connectivity index (χ3n) is 4.92. The first kappa shape index (κ1) is 17.7. The molecule has 3 aromatic rings. The highest BCUT2D eigenvalue weighted by Crippen LogP contribution is 2.27. The molecule has 1 aliphatic rings. The summed E-state index contributed by atoms with van der Waals surface area (Å²) in [6.07, 6.45) is 9.96. The van der Waals surface area contributed by atoms with E-state index in [0.717, 1.165) is 46.5 Å². The van der Waals surface area contributed by atoms with Gasteiger partial charge >= 0.3 is 0 Å². The van der Waals surface area contributed by atoms with Crippen molar-refractivity contribution in [2.75, 3.05) is 14.2 Å². The topological polar surface area (TPSA) is 38.9 Å². The molecular weight excluding hydrogens is 354 g/mol. The smallest absolute Gasteiger partial charge is 0.205 e. The summed E-state index contributed by atoms with van der Waals surface area (Å²) in [6.45, 7) is 0. The van der Waals surface area contributed by atoms with E-state index in [1.807, 2.05) is 17.8 Å². The predicted molar refractivity (Wildman–Crippen MR) is 114 cm³/mol. The molecule has 2 aromatic carbocycles. The molecule has 0 amide bonds. The van der Waals surface area contributed by atoms with Crippen LogP contribution in [0.15, 0.2) is 64.0 Å². The van der Waals surface area contributed by atoms with Gasteiger partial charge in [0.1, 0.15) is 5.75 Å². The number of benzene rings is 2. The number of hydrogen-bond donors (Lipinski definition) is 0. The van der Waals surface area contributed by atoms with Gasteiger partial charge in [-0.1, -0.05) is 30.4 Å². The summed E-state index contributed by atoms with van der Waals surface area (Å²) in [7, 11) is 3.51. The second-order valence-corrected chi connectivity index (χ2v) is 7.51. The van der Waals surface area contributed by atoms with E-state index in [4.69, 9.17) is 9.84 Å². The summed E-state index contributed by atoms with van der Waals surface area (Å²) in [6, 6.07) is 12.6. The van der Waals surface area contributed by atoms with Gasteiger partial charge in [-0.15, -0.1) is 11.3 Å². The van der Waals surface area contributed by atoms with E-state index >= 15 is 0 Å². The van der Waals surface area contributed by atoms with Crippen LogP contribution in [-0.4, -0.2) is 25.0 Å². The molecule has 27 heavy (non-hydrogen) atoms. The Kier molecular flexibility index (Phi) is 5.21. The molecule has 1 atom stereocenters. The highest BCUT2D eigenvalue weighted by atomic mass is 32.1. The predicted octanol–water partition coefficient (Wildman–Crippen LogP) is 5.10. The molecule has 0 saturated carbocycles. The molecule has 1 aliphatic carbocycles. The Morgan fingerprint density at radius 3 is 2.78 bits per heavy atom. The molecule has 4 rings (SSSR count). The molecule has 1 aromatic heterocycles. The van der Waals surface area contributed by atoms with Crippen LogP contribution in [0.2, 0.25) is 0 Å². The van der Waals surface area contributed by atoms with Crippen molar-refractivity contribution in [3.8, 4) is 17.0 Å². The Labute approximate surface area is 163 Å². The normalized spacial score (nSPS) is 17.9. The lowest BCUT2D eigenvalue weighted by atomic mass is 9.96. The Morgan fingerprint density at radius 1 is 1.15 bits per heavy atom. The summed E-state index contributed by atoms with van der Waals surface area (Å²) in [5, 5.41) is 9.28. The molecule has 0 spiro atoms. The number of allylic oxidation sites excluding steroid dienone is 2. The van der Waals surface area contributed by atoms with Gasteiger partial charge < -0.3 is 4.74 Å². The summed E-state index contributed by atoms with van der Waals surface area (Å²) in [4.78, 5) is 5.31. The monoisotopic (exact) mass is 377 g/mol. The van der Waals surface area contributed by atoms with Crippen LogP contribution in [0.1, 0.15) is 19.3 Å².